The number of hydrogen-bond donors (Lipinski definition) is 3. The van der Waals surface area contributed by atoms with Crippen LogP contribution in [0.2, 0.25) is 0 Å². The molecule has 1 aromatic rings. The van der Waals surface area contributed by atoms with Crippen LogP contribution in [0.25, 0.3) is 0 Å². The standard InChI is InChI=1S/C19H29N3O3/c1-14-6-8-15(9-7-14)11-20-19(24)21-12-16-4-3-5-17(10-16)22-18(23)13-25-2/h3-5,10,14-15H,6-9,11-13H2,1-2H3,(H,22,23)(H2,20,21,24). The molecule has 0 saturated heterocycles. The first-order chi connectivity index (χ1) is 12.1. The molecule has 1 fully saturated rings. The fourth-order valence-corrected chi connectivity index (χ4v) is 3.10. The minimum absolute atomic E-state index is 0.0187. The molecular weight excluding hydrogens is 318 g/mol. The second-order valence-corrected chi connectivity index (χ2v) is 6.87. The third kappa shape index (κ3) is 7.13. The number of urea groups is 1. The zero-order valence-electron chi connectivity index (χ0n) is 15.1. The maximum atomic E-state index is 12.0. The molecule has 0 bridgehead atoms. The van der Waals surface area contributed by atoms with Gasteiger partial charge in [0, 0.05) is 25.9 Å². The number of amides is 3. The number of benzene rings is 1. The van der Waals surface area contributed by atoms with Crippen LogP contribution in [-0.4, -0.2) is 32.2 Å². The summed E-state index contributed by atoms with van der Waals surface area (Å²) in [4.78, 5) is 23.5. The van der Waals surface area contributed by atoms with Gasteiger partial charge in [0.1, 0.15) is 6.61 Å². The van der Waals surface area contributed by atoms with Crippen LogP contribution in [0, 0.1) is 11.8 Å². The van der Waals surface area contributed by atoms with Crippen LogP contribution in [0.15, 0.2) is 24.3 Å². The molecule has 25 heavy (non-hydrogen) atoms. The summed E-state index contributed by atoms with van der Waals surface area (Å²) in [5.74, 6) is 1.22. The number of rotatable bonds is 7. The van der Waals surface area contributed by atoms with E-state index >= 15 is 0 Å². The largest absolute Gasteiger partial charge is 0.375 e. The SMILES string of the molecule is COCC(=O)Nc1cccc(CNC(=O)NCC2CCC(C)CC2)c1. The lowest BCUT2D eigenvalue weighted by Crippen LogP contribution is -2.38. The van der Waals surface area contributed by atoms with Gasteiger partial charge >= 0.3 is 6.03 Å². The average molecular weight is 347 g/mol. The molecule has 0 heterocycles. The smallest absolute Gasteiger partial charge is 0.315 e. The van der Waals surface area contributed by atoms with Crippen molar-refractivity contribution in [3.05, 3.63) is 29.8 Å². The van der Waals surface area contributed by atoms with E-state index in [-0.39, 0.29) is 18.5 Å². The van der Waals surface area contributed by atoms with E-state index in [9.17, 15) is 9.59 Å². The van der Waals surface area contributed by atoms with Gasteiger partial charge in [-0.2, -0.15) is 0 Å². The number of carbonyl (C=O) groups is 2. The number of hydrogen-bond acceptors (Lipinski definition) is 3. The summed E-state index contributed by atoms with van der Waals surface area (Å²) < 4.78 is 4.79. The molecule has 6 nitrogen and oxygen atoms in total. The fourth-order valence-electron chi connectivity index (χ4n) is 3.10. The Hall–Kier alpha value is -2.08. The minimum Gasteiger partial charge on any atom is -0.375 e. The number of anilines is 1. The fraction of sp³-hybridized carbons (Fsp3) is 0.579. The lowest BCUT2D eigenvalue weighted by molar-refractivity contribution is -0.119. The van der Waals surface area contributed by atoms with Crippen LogP contribution < -0.4 is 16.0 Å². The molecule has 0 aromatic heterocycles. The molecule has 0 unspecified atom stereocenters. The molecule has 0 spiro atoms. The van der Waals surface area contributed by atoms with Crippen molar-refractivity contribution in [3.63, 3.8) is 0 Å². The predicted molar refractivity (Wildman–Crippen MR) is 98.3 cm³/mol. The highest BCUT2D eigenvalue weighted by molar-refractivity contribution is 5.91. The van der Waals surface area contributed by atoms with E-state index in [0.29, 0.717) is 18.2 Å². The van der Waals surface area contributed by atoms with E-state index in [1.807, 2.05) is 18.2 Å². The summed E-state index contributed by atoms with van der Waals surface area (Å²) in [6, 6.07) is 7.26. The van der Waals surface area contributed by atoms with Gasteiger partial charge < -0.3 is 20.7 Å². The van der Waals surface area contributed by atoms with Crippen molar-refractivity contribution in [2.75, 3.05) is 25.6 Å². The van der Waals surface area contributed by atoms with E-state index in [1.54, 1.807) is 6.07 Å². The zero-order valence-corrected chi connectivity index (χ0v) is 15.1. The van der Waals surface area contributed by atoms with E-state index < -0.39 is 0 Å². The number of ether oxygens (including phenoxy) is 1. The molecule has 1 aromatic carbocycles. The number of nitrogens with one attached hydrogen (secondary N) is 3. The van der Waals surface area contributed by atoms with Crippen molar-refractivity contribution in [2.24, 2.45) is 11.8 Å². The van der Waals surface area contributed by atoms with Crippen molar-refractivity contribution < 1.29 is 14.3 Å². The van der Waals surface area contributed by atoms with Crippen LogP contribution in [0.4, 0.5) is 10.5 Å². The molecule has 6 heteroatoms. The summed E-state index contributed by atoms with van der Waals surface area (Å²) in [5.41, 5.74) is 1.62. The molecule has 0 radical (unpaired) electrons. The lowest BCUT2D eigenvalue weighted by Gasteiger charge is -2.26. The molecule has 3 N–H and O–H groups in total. The first-order valence-electron chi connectivity index (χ1n) is 8.96. The Bertz CT molecular complexity index is 569. The van der Waals surface area contributed by atoms with Crippen LogP contribution in [0.5, 0.6) is 0 Å². The third-order valence-electron chi connectivity index (χ3n) is 4.63. The van der Waals surface area contributed by atoms with Crippen LogP contribution in [0.1, 0.15) is 38.2 Å². The highest BCUT2D eigenvalue weighted by Gasteiger charge is 2.18. The Balaban J connectivity index is 1.71. The molecule has 3 amide bonds. The van der Waals surface area contributed by atoms with Crippen LogP contribution in [-0.2, 0) is 16.1 Å². The van der Waals surface area contributed by atoms with E-state index in [1.165, 1.54) is 32.8 Å². The lowest BCUT2D eigenvalue weighted by atomic mass is 9.83. The molecule has 1 aliphatic rings. The van der Waals surface area contributed by atoms with Crippen LogP contribution in [0.3, 0.4) is 0 Å². The maximum Gasteiger partial charge on any atom is 0.315 e. The van der Waals surface area contributed by atoms with Gasteiger partial charge in [-0.25, -0.2) is 4.79 Å². The van der Waals surface area contributed by atoms with Gasteiger partial charge in [-0.05, 0) is 42.4 Å². The Morgan fingerprint density at radius 2 is 1.92 bits per heavy atom. The van der Waals surface area contributed by atoms with Crippen molar-refractivity contribution in [1.29, 1.82) is 0 Å². The topological polar surface area (TPSA) is 79.5 Å². The van der Waals surface area contributed by atoms with E-state index in [0.717, 1.165) is 18.0 Å². The molecule has 0 aliphatic heterocycles. The normalized spacial score (nSPS) is 19.9. The van der Waals surface area contributed by atoms with Gasteiger partial charge in [-0.3, -0.25) is 4.79 Å². The first kappa shape index (κ1) is 19.2. The molecular formula is C19H29N3O3. The minimum atomic E-state index is -0.202. The van der Waals surface area contributed by atoms with E-state index in [2.05, 4.69) is 22.9 Å². The quantitative estimate of drug-likeness (QED) is 0.709. The first-order valence-corrected chi connectivity index (χ1v) is 8.96. The van der Waals surface area contributed by atoms with Crippen LogP contribution >= 0.6 is 0 Å². The summed E-state index contributed by atoms with van der Waals surface area (Å²) >= 11 is 0. The summed E-state index contributed by atoms with van der Waals surface area (Å²) in [6.07, 6.45) is 4.92. The number of carbonyl (C=O) groups excluding carboxylic acids is 2. The highest BCUT2D eigenvalue weighted by Crippen LogP contribution is 2.27. The predicted octanol–water partition coefficient (Wildman–Crippen LogP) is 2.90. The van der Waals surface area contributed by atoms with Gasteiger partial charge in [-0.15, -0.1) is 0 Å². The molecule has 0 atom stereocenters. The van der Waals surface area contributed by atoms with Gasteiger partial charge in [0.15, 0.2) is 0 Å². The maximum absolute atomic E-state index is 12.0. The Labute approximate surface area is 149 Å². The summed E-state index contributed by atoms with van der Waals surface area (Å²) in [5, 5.41) is 8.58. The third-order valence-corrected chi connectivity index (χ3v) is 4.63. The van der Waals surface area contributed by atoms with Gasteiger partial charge in [0.2, 0.25) is 5.91 Å². The Morgan fingerprint density at radius 3 is 2.64 bits per heavy atom. The second kappa shape index (κ2) is 10.0. The summed E-state index contributed by atoms with van der Waals surface area (Å²) in [7, 11) is 1.48. The second-order valence-electron chi connectivity index (χ2n) is 6.87. The molecule has 1 saturated carbocycles. The average Bonchev–Trinajstić information content (AvgIpc) is 2.60. The molecule has 138 valence electrons. The Morgan fingerprint density at radius 1 is 1.16 bits per heavy atom. The van der Waals surface area contributed by atoms with Gasteiger partial charge in [0.25, 0.3) is 0 Å². The highest BCUT2D eigenvalue weighted by atomic mass is 16.5. The van der Waals surface area contributed by atoms with Gasteiger partial charge in [0.05, 0.1) is 0 Å². The van der Waals surface area contributed by atoms with Crippen molar-refractivity contribution in [2.45, 2.75) is 39.2 Å². The molecule has 1 aliphatic carbocycles. The monoisotopic (exact) mass is 347 g/mol. The summed E-state index contributed by atoms with van der Waals surface area (Å²) in [6.45, 7) is 3.47. The van der Waals surface area contributed by atoms with Gasteiger partial charge in [-0.1, -0.05) is 31.9 Å². The Kier molecular flexibility index (Phi) is 7.73. The number of methoxy groups -OCH3 is 1. The zero-order chi connectivity index (χ0) is 18.1. The van der Waals surface area contributed by atoms with Crippen molar-refractivity contribution >= 4 is 17.6 Å². The van der Waals surface area contributed by atoms with E-state index in [4.69, 9.17) is 4.74 Å². The van der Waals surface area contributed by atoms with Crippen molar-refractivity contribution in [1.82, 2.24) is 10.6 Å². The molecule has 2 rings (SSSR count). The van der Waals surface area contributed by atoms with Crippen molar-refractivity contribution in [3.8, 4) is 0 Å².